The van der Waals surface area contributed by atoms with E-state index in [1.807, 2.05) is 6.07 Å². The Balaban J connectivity index is 1.83. The van der Waals surface area contributed by atoms with Crippen LogP contribution in [0.25, 0.3) is 11.0 Å². The van der Waals surface area contributed by atoms with Crippen LogP contribution in [0.4, 0.5) is 5.69 Å². The number of H-pyrrole nitrogens is 2. The molecule has 0 saturated carbocycles. The molecule has 3 rings (SSSR count). The van der Waals surface area contributed by atoms with Crippen LogP contribution in [0, 0.1) is 0 Å². The van der Waals surface area contributed by atoms with Gasteiger partial charge in [0.1, 0.15) is 5.75 Å². The number of imidazole rings is 1. The second-order valence-corrected chi connectivity index (χ2v) is 6.17. The third-order valence-corrected chi connectivity index (χ3v) is 3.94. The van der Waals surface area contributed by atoms with Crippen molar-refractivity contribution in [2.45, 2.75) is 6.54 Å². The number of primary amides is 1. The summed E-state index contributed by atoms with van der Waals surface area (Å²) in [5, 5.41) is 3.93. The number of fused-ring (bicyclic) bond motifs is 1. The van der Waals surface area contributed by atoms with Gasteiger partial charge in [0.05, 0.1) is 16.1 Å². The van der Waals surface area contributed by atoms with Crippen molar-refractivity contribution in [1.82, 2.24) is 9.97 Å². The second kappa shape index (κ2) is 7.08. The van der Waals surface area contributed by atoms with Crippen molar-refractivity contribution in [2.24, 2.45) is 5.73 Å². The minimum absolute atomic E-state index is 0.268. The highest BCUT2D eigenvalue weighted by Gasteiger charge is 2.12. The summed E-state index contributed by atoms with van der Waals surface area (Å²) in [6.07, 6.45) is 0. The molecular weight excluding hydrogens is 367 g/mol. The highest BCUT2D eigenvalue weighted by molar-refractivity contribution is 6.35. The van der Waals surface area contributed by atoms with Gasteiger partial charge in [-0.2, -0.15) is 0 Å². The first-order chi connectivity index (χ1) is 11.9. The van der Waals surface area contributed by atoms with Gasteiger partial charge < -0.3 is 25.8 Å². The summed E-state index contributed by atoms with van der Waals surface area (Å²) in [7, 11) is 0. The number of anilines is 1. The van der Waals surface area contributed by atoms with Gasteiger partial charge in [-0.3, -0.25) is 4.79 Å². The van der Waals surface area contributed by atoms with E-state index in [0.717, 1.165) is 5.69 Å². The summed E-state index contributed by atoms with van der Waals surface area (Å²) in [6, 6.07) is 8.61. The molecule has 0 spiro atoms. The van der Waals surface area contributed by atoms with Gasteiger partial charge in [-0.15, -0.1) is 0 Å². The number of aromatic amines is 2. The number of nitrogens with one attached hydrogen (secondary N) is 3. The lowest BCUT2D eigenvalue weighted by Gasteiger charge is -2.14. The maximum atomic E-state index is 11.3. The Morgan fingerprint density at radius 1 is 1.16 bits per heavy atom. The number of rotatable bonds is 6. The second-order valence-electron chi connectivity index (χ2n) is 5.32. The van der Waals surface area contributed by atoms with Gasteiger partial charge in [0.15, 0.2) is 6.61 Å². The van der Waals surface area contributed by atoms with Crippen molar-refractivity contribution in [1.29, 1.82) is 0 Å². The fourth-order valence-electron chi connectivity index (χ4n) is 2.39. The average molecular weight is 381 g/mol. The third-order valence-electron chi connectivity index (χ3n) is 3.44. The van der Waals surface area contributed by atoms with Gasteiger partial charge in [-0.1, -0.05) is 23.2 Å². The summed E-state index contributed by atoms with van der Waals surface area (Å²) in [6.45, 7) is 0.0550. The van der Waals surface area contributed by atoms with E-state index in [4.69, 9.17) is 33.7 Å². The Kier molecular flexibility index (Phi) is 4.87. The quantitative estimate of drug-likeness (QED) is 0.526. The zero-order chi connectivity index (χ0) is 18.0. The lowest BCUT2D eigenvalue weighted by atomic mass is 10.2. The molecular formula is C16H14Cl2N4O3. The maximum Gasteiger partial charge on any atom is 0.323 e. The largest absolute Gasteiger partial charge is 0.482 e. The first-order valence-corrected chi connectivity index (χ1v) is 8.03. The fraction of sp³-hybridized carbons (Fsp3) is 0.125. The molecule has 25 heavy (non-hydrogen) atoms. The SMILES string of the molecule is NC(=O)COc1c(Cl)cc(Cl)cc1CNc1ccc2[nH]c(=O)[nH]c2c1. The number of halogens is 2. The molecule has 7 nitrogen and oxygen atoms in total. The van der Waals surface area contributed by atoms with Gasteiger partial charge in [0, 0.05) is 22.8 Å². The molecule has 9 heteroatoms. The zero-order valence-electron chi connectivity index (χ0n) is 12.9. The number of aromatic nitrogens is 2. The molecule has 0 aliphatic rings. The van der Waals surface area contributed by atoms with Crippen LogP contribution in [0.2, 0.25) is 10.0 Å². The fourth-order valence-corrected chi connectivity index (χ4v) is 2.98. The average Bonchev–Trinajstić information content (AvgIpc) is 2.90. The van der Waals surface area contributed by atoms with E-state index in [0.29, 0.717) is 33.9 Å². The minimum Gasteiger partial charge on any atom is -0.482 e. The Hall–Kier alpha value is -2.64. The van der Waals surface area contributed by atoms with Crippen LogP contribution in [-0.2, 0) is 11.3 Å². The van der Waals surface area contributed by atoms with E-state index in [1.165, 1.54) is 6.07 Å². The highest BCUT2D eigenvalue weighted by Crippen LogP contribution is 2.33. The number of carbonyl (C=O) groups is 1. The molecule has 1 heterocycles. The van der Waals surface area contributed by atoms with Crippen molar-refractivity contribution >= 4 is 45.8 Å². The smallest absolute Gasteiger partial charge is 0.323 e. The van der Waals surface area contributed by atoms with Gasteiger partial charge >= 0.3 is 5.69 Å². The minimum atomic E-state index is -0.605. The van der Waals surface area contributed by atoms with Crippen molar-refractivity contribution in [3.8, 4) is 5.75 Å². The normalized spacial score (nSPS) is 10.8. The molecule has 130 valence electrons. The monoisotopic (exact) mass is 380 g/mol. The molecule has 5 N–H and O–H groups in total. The molecule has 0 atom stereocenters. The summed E-state index contributed by atoms with van der Waals surface area (Å²) in [4.78, 5) is 27.6. The molecule has 0 aliphatic carbocycles. The summed E-state index contributed by atoms with van der Waals surface area (Å²) < 4.78 is 5.39. The zero-order valence-corrected chi connectivity index (χ0v) is 14.4. The number of hydrogen-bond donors (Lipinski definition) is 4. The topological polar surface area (TPSA) is 113 Å². The number of carbonyl (C=O) groups excluding carboxylic acids is 1. The molecule has 0 bridgehead atoms. The molecule has 0 aliphatic heterocycles. The molecule has 1 aromatic heterocycles. The molecule has 0 unspecified atom stereocenters. The van der Waals surface area contributed by atoms with Crippen LogP contribution in [0.5, 0.6) is 5.75 Å². The van der Waals surface area contributed by atoms with Crippen LogP contribution in [0.1, 0.15) is 5.56 Å². The van der Waals surface area contributed by atoms with E-state index >= 15 is 0 Å². The van der Waals surface area contributed by atoms with Gasteiger partial charge in [-0.05, 0) is 30.3 Å². The van der Waals surface area contributed by atoms with E-state index in [-0.39, 0.29) is 17.3 Å². The number of benzene rings is 2. The summed E-state index contributed by atoms with van der Waals surface area (Å²) >= 11 is 12.2. The Morgan fingerprint density at radius 2 is 1.92 bits per heavy atom. The van der Waals surface area contributed by atoms with Crippen LogP contribution in [0.3, 0.4) is 0 Å². The van der Waals surface area contributed by atoms with Crippen molar-refractivity contribution in [3.05, 3.63) is 56.4 Å². The number of nitrogens with two attached hydrogens (primary N) is 1. The predicted molar refractivity (Wildman–Crippen MR) is 97.4 cm³/mol. The number of hydrogen-bond acceptors (Lipinski definition) is 4. The molecule has 0 radical (unpaired) electrons. The van der Waals surface area contributed by atoms with E-state index in [1.54, 1.807) is 18.2 Å². The van der Waals surface area contributed by atoms with Crippen molar-refractivity contribution in [2.75, 3.05) is 11.9 Å². The molecule has 1 amide bonds. The lowest BCUT2D eigenvalue weighted by molar-refractivity contribution is -0.119. The van der Waals surface area contributed by atoms with Crippen molar-refractivity contribution < 1.29 is 9.53 Å². The highest BCUT2D eigenvalue weighted by atomic mass is 35.5. The Labute approximate surface area is 152 Å². The third kappa shape index (κ3) is 4.07. The number of amides is 1. The first-order valence-electron chi connectivity index (χ1n) is 7.27. The van der Waals surface area contributed by atoms with E-state index < -0.39 is 5.91 Å². The van der Waals surface area contributed by atoms with Crippen LogP contribution < -0.4 is 21.5 Å². The standard InChI is InChI=1S/C16H14Cl2N4O3/c17-9-3-8(15(11(18)4-9)25-7-14(19)23)6-20-10-1-2-12-13(5-10)22-16(24)21-12/h1-5,20H,6-7H2,(H2,19,23)(H2,21,22,24). The molecule has 2 aromatic carbocycles. The maximum absolute atomic E-state index is 11.3. The van der Waals surface area contributed by atoms with E-state index in [2.05, 4.69) is 15.3 Å². The van der Waals surface area contributed by atoms with Crippen molar-refractivity contribution in [3.63, 3.8) is 0 Å². The molecule has 3 aromatic rings. The predicted octanol–water partition coefficient (Wildman–Crippen LogP) is 2.64. The summed E-state index contributed by atoms with van der Waals surface area (Å²) in [5.41, 5.74) is 7.69. The van der Waals surface area contributed by atoms with Gasteiger partial charge in [-0.25, -0.2) is 4.79 Å². The Morgan fingerprint density at radius 3 is 2.68 bits per heavy atom. The number of ether oxygens (including phenoxy) is 1. The van der Waals surface area contributed by atoms with E-state index in [9.17, 15) is 9.59 Å². The summed E-state index contributed by atoms with van der Waals surface area (Å²) in [5.74, 6) is -0.264. The van der Waals surface area contributed by atoms with Crippen LogP contribution in [0.15, 0.2) is 35.1 Å². The first kappa shape index (κ1) is 17.2. The molecule has 0 saturated heterocycles. The van der Waals surface area contributed by atoms with Gasteiger partial charge in [0.2, 0.25) is 0 Å². The van der Waals surface area contributed by atoms with Crippen LogP contribution in [-0.4, -0.2) is 22.5 Å². The lowest BCUT2D eigenvalue weighted by Crippen LogP contribution is -2.20. The van der Waals surface area contributed by atoms with Crippen LogP contribution >= 0.6 is 23.2 Å². The van der Waals surface area contributed by atoms with Gasteiger partial charge in [0.25, 0.3) is 5.91 Å². The Bertz CT molecular complexity index is 997. The molecule has 0 fully saturated rings.